The van der Waals surface area contributed by atoms with Crippen molar-refractivity contribution in [2.75, 3.05) is 12.4 Å². The molecule has 0 atom stereocenters. The molecule has 2 N–H and O–H groups in total. The molecular weight excluding hydrogens is 414 g/mol. The van der Waals surface area contributed by atoms with E-state index in [-0.39, 0.29) is 18.2 Å². The van der Waals surface area contributed by atoms with Gasteiger partial charge in [-0.05, 0) is 30.3 Å². The van der Waals surface area contributed by atoms with Crippen molar-refractivity contribution >= 4 is 46.1 Å². The Balaban J connectivity index is 1.52. The molecule has 0 fully saturated rings. The minimum atomic E-state index is -0.363. The Kier molecular flexibility index (Phi) is 6.88. The van der Waals surface area contributed by atoms with E-state index in [1.54, 1.807) is 49.6 Å². The Morgan fingerprint density at radius 1 is 1.17 bits per heavy atom. The average Bonchev–Trinajstić information content (AvgIpc) is 3.16. The highest BCUT2D eigenvalue weighted by Gasteiger charge is 2.12. The van der Waals surface area contributed by atoms with E-state index in [9.17, 15) is 9.59 Å². The molecular formula is C19H16ClN5O3S. The summed E-state index contributed by atoms with van der Waals surface area (Å²) in [7, 11) is 1.55. The lowest BCUT2D eigenvalue weighted by Gasteiger charge is -2.02. The maximum absolute atomic E-state index is 12.2. The second-order valence-corrected chi connectivity index (χ2v) is 7.14. The SMILES string of the molecule is COc1ccc(C(=O)Nc2nnc(CC(=O)N/N=C/c3ccccc3Cl)s2)cc1. The van der Waals surface area contributed by atoms with Crippen LogP contribution in [0.5, 0.6) is 5.75 Å². The third kappa shape index (κ3) is 5.84. The van der Waals surface area contributed by atoms with Gasteiger partial charge >= 0.3 is 0 Å². The first-order valence-electron chi connectivity index (χ1n) is 8.39. The van der Waals surface area contributed by atoms with Gasteiger partial charge in [-0.2, -0.15) is 5.10 Å². The van der Waals surface area contributed by atoms with Crippen LogP contribution in [0.25, 0.3) is 0 Å². The minimum absolute atomic E-state index is 0.0179. The van der Waals surface area contributed by atoms with E-state index >= 15 is 0 Å². The predicted molar refractivity (Wildman–Crippen MR) is 112 cm³/mol. The van der Waals surface area contributed by atoms with Gasteiger partial charge in [0.1, 0.15) is 10.8 Å². The van der Waals surface area contributed by atoms with Crippen molar-refractivity contribution < 1.29 is 14.3 Å². The number of nitrogens with one attached hydrogen (secondary N) is 2. The second kappa shape index (κ2) is 9.76. The molecule has 0 saturated heterocycles. The molecule has 0 aliphatic heterocycles. The fourth-order valence-corrected chi connectivity index (χ4v) is 3.14. The molecule has 2 aromatic carbocycles. The largest absolute Gasteiger partial charge is 0.497 e. The lowest BCUT2D eigenvalue weighted by Crippen LogP contribution is -2.19. The molecule has 0 unspecified atom stereocenters. The van der Waals surface area contributed by atoms with Gasteiger partial charge in [0.2, 0.25) is 11.0 Å². The number of hydrogen-bond acceptors (Lipinski definition) is 7. The summed E-state index contributed by atoms with van der Waals surface area (Å²) in [5, 5.41) is 15.6. The molecule has 148 valence electrons. The Morgan fingerprint density at radius 3 is 2.66 bits per heavy atom. The number of amides is 2. The van der Waals surface area contributed by atoms with Crippen molar-refractivity contribution in [3.05, 3.63) is 69.7 Å². The predicted octanol–water partition coefficient (Wildman–Crippen LogP) is 3.15. The highest BCUT2D eigenvalue weighted by molar-refractivity contribution is 7.15. The molecule has 0 aliphatic carbocycles. The zero-order valence-corrected chi connectivity index (χ0v) is 16.8. The molecule has 1 heterocycles. The number of carbonyl (C=O) groups is 2. The van der Waals surface area contributed by atoms with E-state index in [4.69, 9.17) is 16.3 Å². The van der Waals surface area contributed by atoms with E-state index < -0.39 is 0 Å². The Bertz CT molecular complexity index is 1040. The highest BCUT2D eigenvalue weighted by Crippen LogP contribution is 2.18. The van der Waals surface area contributed by atoms with E-state index in [0.717, 1.165) is 11.3 Å². The number of carbonyl (C=O) groups excluding carboxylic acids is 2. The molecule has 1 aromatic heterocycles. The van der Waals surface area contributed by atoms with Gasteiger partial charge in [0.05, 0.1) is 19.7 Å². The van der Waals surface area contributed by atoms with Gasteiger partial charge in [-0.1, -0.05) is 41.1 Å². The van der Waals surface area contributed by atoms with Gasteiger partial charge in [-0.15, -0.1) is 10.2 Å². The van der Waals surface area contributed by atoms with Crippen LogP contribution in [0, 0.1) is 0 Å². The fourth-order valence-electron chi connectivity index (χ4n) is 2.22. The quantitative estimate of drug-likeness (QED) is 0.443. The Morgan fingerprint density at radius 2 is 1.93 bits per heavy atom. The van der Waals surface area contributed by atoms with Crippen LogP contribution in [0.15, 0.2) is 53.6 Å². The topological polar surface area (TPSA) is 106 Å². The third-order valence-electron chi connectivity index (χ3n) is 3.65. The standard InChI is InChI=1S/C19H16ClN5O3S/c1-28-14-8-6-12(7-9-14)18(27)22-19-25-24-17(29-19)10-16(26)23-21-11-13-4-2-3-5-15(13)20/h2-9,11H,10H2,1H3,(H,23,26)(H,22,25,27)/b21-11+. The Labute approximate surface area is 175 Å². The van der Waals surface area contributed by atoms with Crippen molar-refractivity contribution in [2.24, 2.45) is 5.10 Å². The number of aromatic nitrogens is 2. The number of benzene rings is 2. The van der Waals surface area contributed by atoms with Crippen LogP contribution < -0.4 is 15.5 Å². The van der Waals surface area contributed by atoms with Crippen LogP contribution >= 0.6 is 22.9 Å². The Hall–Kier alpha value is -3.30. The summed E-state index contributed by atoms with van der Waals surface area (Å²) < 4.78 is 5.06. The summed E-state index contributed by atoms with van der Waals surface area (Å²) in [4.78, 5) is 24.2. The van der Waals surface area contributed by atoms with Crippen molar-refractivity contribution in [3.63, 3.8) is 0 Å². The molecule has 3 rings (SSSR count). The summed E-state index contributed by atoms with van der Waals surface area (Å²) in [6.07, 6.45) is 1.44. The summed E-state index contributed by atoms with van der Waals surface area (Å²) in [6.45, 7) is 0. The van der Waals surface area contributed by atoms with E-state index in [1.807, 2.05) is 6.07 Å². The van der Waals surface area contributed by atoms with Gasteiger partial charge < -0.3 is 4.74 Å². The van der Waals surface area contributed by atoms with Crippen molar-refractivity contribution in [2.45, 2.75) is 6.42 Å². The first-order chi connectivity index (χ1) is 14.0. The lowest BCUT2D eigenvalue weighted by molar-refractivity contribution is -0.120. The molecule has 10 heteroatoms. The molecule has 3 aromatic rings. The fraction of sp³-hybridized carbons (Fsp3) is 0.105. The number of anilines is 1. The van der Waals surface area contributed by atoms with Crippen LogP contribution in [0.3, 0.4) is 0 Å². The summed E-state index contributed by atoms with van der Waals surface area (Å²) in [5.41, 5.74) is 3.55. The number of hydrazone groups is 1. The lowest BCUT2D eigenvalue weighted by atomic mass is 10.2. The van der Waals surface area contributed by atoms with Crippen molar-refractivity contribution in [1.82, 2.24) is 15.6 Å². The number of halogens is 1. The minimum Gasteiger partial charge on any atom is -0.497 e. The number of methoxy groups -OCH3 is 1. The van der Waals surface area contributed by atoms with Crippen molar-refractivity contribution in [3.8, 4) is 5.75 Å². The summed E-state index contributed by atoms with van der Waals surface area (Å²) in [6, 6.07) is 13.8. The first-order valence-corrected chi connectivity index (χ1v) is 9.59. The molecule has 0 radical (unpaired) electrons. The second-order valence-electron chi connectivity index (χ2n) is 5.68. The monoisotopic (exact) mass is 429 g/mol. The van der Waals surface area contributed by atoms with Gasteiger partial charge in [0, 0.05) is 16.1 Å². The first kappa shape index (κ1) is 20.4. The van der Waals surface area contributed by atoms with Crippen LogP contribution in [-0.4, -0.2) is 35.3 Å². The molecule has 0 spiro atoms. The zero-order valence-electron chi connectivity index (χ0n) is 15.3. The molecule has 0 bridgehead atoms. The number of rotatable bonds is 7. The average molecular weight is 430 g/mol. The zero-order chi connectivity index (χ0) is 20.6. The van der Waals surface area contributed by atoms with Crippen LogP contribution in [0.4, 0.5) is 5.13 Å². The van der Waals surface area contributed by atoms with Gasteiger partial charge in [-0.25, -0.2) is 5.43 Å². The van der Waals surface area contributed by atoms with E-state index in [2.05, 4.69) is 26.0 Å². The van der Waals surface area contributed by atoms with Crippen LogP contribution in [0.1, 0.15) is 20.9 Å². The van der Waals surface area contributed by atoms with E-state index in [1.165, 1.54) is 6.21 Å². The number of ether oxygens (including phenoxy) is 1. The summed E-state index contributed by atoms with van der Waals surface area (Å²) >= 11 is 7.12. The molecule has 0 aliphatic rings. The number of nitrogens with zero attached hydrogens (tertiary/aromatic N) is 3. The highest BCUT2D eigenvalue weighted by atomic mass is 35.5. The van der Waals surface area contributed by atoms with Crippen molar-refractivity contribution in [1.29, 1.82) is 0 Å². The molecule has 29 heavy (non-hydrogen) atoms. The molecule has 8 nitrogen and oxygen atoms in total. The maximum Gasteiger partial charge on any atom is 0.257 e. The van der Waals surface area contributed by atoms with E-state index in [0.29, 0.717) is 32.0 Å². The molecule has 2 amide bonds. The summed E-state index contributed by atoms with van der Waals surface area (Å²) in [5.74, 6) is -0.0374. The smallest absolute Gasteiger partial charge is 0.257 e. The van der Waals surface area contributed by atoms with Crippen LogP contribution in [0.2, 0.25) is 5.02 Å². The third-order valence-corrected chi connectivity index (χ3v) is 4.83. The normalized spacial score (nSPS) is 10.7. The maximum atomic E-state index is 12.2. The van der Waals surface area contributed by atoms with Gasteiger partial charge in [0.25, 0.3) is 5.91 Å². The van der Waals surface area contributed by atoms with Crippen LogP contribution in [-0.2, 0) is 11.2 Å². The molecule has 0 saturated carbocycles. The number of hydrogen-bond donors (Lipinski definition) is 2. The van der Waals surface area contributed by atoms with Gasteiger partial charge in [-0.3, -0.25) is 14.9 Å². The van der Waals surface area contributed by atoms with Gasteiger partial charge in [0.15, 0.2) is 0 Å².